The molecule has 4 fully saturated rings. The molecule has 0 unspecified atom stereocenters. The van der Waals surface area contributed by atoms with E-state index >= 15 is 0 Å². The molecule has 158 valence electrons. The molecule has 5 rings (SSSR count). The Balaban J connectivity index is 1.23. The van der Waals surface area contributed by atoms with Crippen molar-refractivity contribution < 1.29 is 32.2 Å². The summed E-state index contributed by atoms with van der Waals surface area (Å²) < 4.78 is 45.2. The van der Waals surface area contributed by atoms with E-state index in [0.717, 1.165) is 42.0 Å². The third kappa shape index (κ3) is 4.85. The van der Waals surface area contributed by atoms with Crippen LogP contribution in [0.1, 0.15) is 48.9 Å². The molecule has 0 aromatic heterocycles. The van der Waals surface area contributed by atoms with Gasteiger partial charge >= 0.3 is 12.3 Å². The summed E-state index contributed by atoms with van der Waals surface area (Å²) in [4.78, 5) is 24.2. The highest BCUT2D eigenvalue weighted by atomic mass is 19.4. The van der Waals surface area contributed by atoms with E-state index in [0.29, 0.717) is 6.54 Å². The largest absolute Gasteiger partial charge is 0.573 e. The fraction of sp³-hybridized carbons (Fsp3) is 0.619. The number of alkyl halides is 3. The molecule has 4 saturated carbocycles. The van der Waals surface area contributed by atoms with Crippen LogP contribution in [-0.2, 0) is 9.53 Å². The highest BCUT2D eigenvalue weighted by Crippen LogP contribution is 2.59. The van der Waals surface area contributed by atoms with E-state index in [1.54, 1.807) is 0 Å². The zero-order valence-electron chi connectivity index (χ0n) is 16.0. The summed E-state index contributed by atoms with van der Waals surface area (Å²) in [7, 11) is 0. The molecular weight excluding hydrogens is 387 g/mol. The van der Waals surface area contributed by atoms with Crippen LogP contribution in [0.3, 0.4) is 0 Å². The van der Waals surface area contributed by atoms with Crippen molar-refractivity contribution in [3.63, 3.8) is 0 Å². The van der Waals surface area contributed by atoms with E-state index in [1.807, 2.05) is 0 Å². The Kier molecular flexibility index (Phi) is 5.21. The van der Waals surface area contributed by atoms with Crippen molar-refractivity contribution in [2.45, 2.75) is 44.9 Å². The van der Waals surface area contributed by atoms with Gasteiger partial charge in [-0.1, -0.05) is 0 Å². The van der Waals surface area contributed by atoms with Crippen LogP contribution in [0.2, 0.25) is 0 Å². The van der Waals surface area contributed by atoms with Crippen LogP contribution in [-0.4, -0.2) is 31.4 Å². The van der Waals surface area contributed by atoms with Gasteiger partial charge in [0.15, 0.2) is 6.61 Å². The molecule has 5 nitrogen and oxygen atoms in total. The molecule has 0 spiro atoms. The minimum atomic E-state index is -4.79. The first-order chi connectivity index (χ1) is 13.7. The fourth-order valence-corrected chi connectivity index (χ4v) is 5.85. The summed E-state index contributed by atoms with van der Waals surface area (Å²) in [5, 5.41) is 2.92. The number of rotatable bonds is 6. The number of halogens is 3. The molecule has 0 saturated heterocycles. The minimum Gasteiger partial charge on any atom is -0.452 e. The van der Waals surface area contributed by atoms with Crippen LogP contribution in [0.25, 0.3) is 0 Å². The number of amides is 1. The van der Waals surface area contributed by atoms with E-state index < -0.39 is 24.7 Å². The Bertz CT molecular complexity index is 740. The SMILES string of the molecule is O=C(COC(=O)c1ccc(OC(F)(F)F)cc1)NCC12CC3CC(CC(C3)C1)C2. The predicted molar refractivity (Wildman–Crippen MR) is 97.0 cm³/mol. The maximum atomic E-state index is 12.2. The van der Waals surface area contributed by atoms with Crippen LogP contribution in [0.4, 0.5) is 13.2 Å². The highest BCUT2D eigenvalue weighted by Gasteiger charge is 2.50. The zero-order valence-corrected chi connectivity index (χ0v) is 16.0. The molecule has 8 heteroatoms. The molecule has 29 heavy (non-hydrogen) atoms. The first-order valence-corrected chi connectivity index (χ1v) is 9.99. The summed E-state index contributed by atoms with van der Waals surface area (Å²) in [5.41, 5.74) is 0.247. The molecule has 4 bridgehead atoms. The second kappa shape index (κ2) is 7.54. The number of carbonyl (C=O) groups excluding carboxylic acids is 2. The van der Waals surface area contributed by atoms with Gasteiger partial charge < -0.3 is 14.8 Å². The molecule has 0 aliphatic heterocycles. The third-order valence-electron chi connectivity index (χ3n) is 6.48. The Morgan fingerprint density at radius 3 is 2.07 bits per heavy atom. The van der Waals surface area contributed by atoms with Gasteiger partial charge in [0, 0.05) is 6.54 Å². The topological polar surface area (TPSA) is 64.6 Å². The number of ether oxygens (including phenoxy) is 2. The van der Waals surface area contributed by atoms with Gasteiger partial charge in [0.1, 0.15) is 5.75 Å². The van der Waals surface area contributed by atoms with Crippen LogP contribution in [0.5, 0.6) is 5.75 Å². The Morgan fingerprint density at radius 2 is 1.55 bits per heavy atom. The van der Waals surface area contributed by atoms with Gasteiger partial charge in [-0.05, 0) is 86.0 Å². The van der Waals surface area contributed by atoms with E-state index in [1.165, 1.54) is 38.5 Å². The standard InChI is InChI=1S/C21H24F3NO4/c22-21(23,24)29-17-3-1-16(2-4-17)19(27)28-11-18(26)25-12-20-8-13-5-14(9-20)7-15(6-13)10-20/h1-4,13-15H,5-12H2,(H,25,26). The van der Waals surface area contributed by atoms with Gasteiger partial charge in [-0.15, -0.1) is 13.2 Å². The van der Waals surface area contributed by atoms with Crippen LogP contribution < -0.4 is 10.1 Å². The van der Waals surface area contributed by atoms with Gasteiger partial charge in [0.25, 0.3) is 5.91 Å². The highest BCUT2D eigenvalue weighted by molar-refractivity contribution is 5.91. The van der Waals surface area contributed by atoms with E-state index in [2.05, 4.69) is 10.1 Å². The van der Waals surface area contributed by atoms with E-state index in [9.17, 15) is 22.8 Å². The summed E-state index contributed by atoms with van der Waals surface area (Å²) in [6.07, 6.45) is 2.71. The number of hydrogen-bond donors (Lipinski definition) is 1. The summed E-state index contributed by atoms with van der Waals surface area (Å²) in [5.74, 6) is 0.822. The average molecular weight is 411 g/mol. The van der Waals surface area contributed by atoms with Gasteiger partial charge in [-0.25, -0.2) is 4.79 Å². The lowest BCUT2D eigenvalue weighted by Crippen LogP contribution is -2.51. The second-order valence-electron chi connectivity index (χ2n) is 8.84. The van der Waals surface area contributed by atoms with Crippen molar-refractivity contribution in [3.8, 4) is 5.75 Å². The summed E-state index contributed by atoms with van der Waals surface area (Å²) in [6, 6.07) is 4.38. The normalized spacial score (nSPS) is 30.1. The lowest BCUT2D eigenvalue weighted by molar-refractivity contribution is -0.274. The molecule has 1 aromatic rings. The maximum absolute atomic E-state index is 12.2. The number of esters is 1. The van der Waals surface area contributed by atoms with Crippen molar-refractivity contribution in [1.82, 2.24) is 5.32 Å². The van der Waals surface area contributed by atoms with Crippen LogP contribution in [0.15, 0.2) is 24.3 Å². The average Bonchev–Trinajstić information content (AvgIpc) is 2.63. The van der Waals surface area contributed by atoms with Crippen LogP contribution >= 0.6 is 0 Å². The van der Waals surface area contributed by atoms with Gasteiger partial charge in [0.05, 0.1) is 5.56 Å². The molecule has 4 aliphatic rings. The Hall–Kier alpha value is -2.25. The van der Waals surface area contributed by atoms with Crippen molar-refractivity contribution in [1.29, 1.82) is 0 Å². The second-order valence-corrected chi connectivity index (χ2v) is 8.84. The summed E-state index contributed by atoms with van der Waals surface area (Å²) in [6.45, 7) is 0.211. The van der Waals surface area contributed by atoms with Gasteiger partial charge in [-0.3, -0.25) is 4.79 Å². The number of nitrogens with one attached hydrogen (secondary N) is 1. The Morgan fingerprint density at radius 1 is 1.00 bits per heavy atom. The molecule has 1 aromatic carbocycles. The number of hydrogen-bond acceptors (Lipinski definition) is 4. The quantitative estimate of drug-likeness (QED) is 0.717. The maximum Gasteiger partial charge on any atom is 0.573 e. The van der Waals surface area contributed by atoms with Crippen molar-refractivity contribution >= 4 is 11.9 Å². The van der Waals surface area contributed by atoms with Crippen molar-refractivity contribution in [3.05, 3.63) is 29.8 Å². The monoisotopic (exact) mass is 411 g/mol. The summed E-state index contributed by atoms with van der Waals surface area (Å²) >= 11 is 0. The molecular formula is C21H24F3NO4. The van der Waals surface area contributed by atoms with Crippen molar-refractivity contribution in [2.24, 2.45) is 23.2 Å². The molecule has 4 aliphatic carbocycles. The third-order valence-corrected chi connectivity index (χ3v) is 6.48. The lowest BCUT2D eigenvalue weighted by atomic mass is 9.49. The lowest BCUT2D eigenvalue weighted by Gasteiger charge is -2.56. The Labute approximate surface area is 166 Å². The zero-order chi connectivity index (χ0) is 20.6. The first-order valence-electron chi connectivity index (χ1n) is 9.99. The molecule has 1 N–H and O–H groups in total. The number of carbonyl (C=O) groups is 2. The van der Waals surface area contributed by atoms with Crippen LogP contribution in [0, 0.1) is 23.2 Å². The molecule has 0 radical (unpaired) electrons. The van der Waals surface area contributed by atoms with Gasteiger partial charge in [-0.2, -0.15) is 0 Å². The van der Waals surface area contributed by atoms with E-state index in [4.69, 9.17) is 4.74 Å². The predicted octanol–water partition coefficient (Wildman–Crippen LogP) is 4.07. The van der Waals surface area contributed by atoms with E-state index in [-0.39, 0.29) is 16.9 Å². The molecule has 1 amide bonds. The number of benzene rings is 1. The molecule has 0 atom stereocenters. The molecule has 0 heterocycles. The first kappa shape index (κ1) is 20.0. The minimum absolute atomic E-state index is 0.0495. The fourth-order valence-electron chi connectivity index (χ4n) is 5.85. The van der Waals surface area contributed by atoms with Gasteiger partial charge in [0.2, 0.25) is 0 Å². The smallest absolute Gasteiger partial charge is 0.452 e. The van der Waals surface area contributed by atoms with Crippen molar-refractivity contribution in [2.75, 3.05) is 13.2 Å².